The molecule has 0 bridgehead atoms. The summed E-state index contributed by atoms with van der Waals surface area (Å²) in [4.78, 5) is 2.12. The molecule has 0 aromatic heterocycles. The van der Waals surface area contributed by atoms with Crippen molar-refractivity contribution in [2.45, 2.75) is 13.1 Å². The number of rotatable bonds is 6. The average molecular weight is 289 g/mol. The highest BCUT2D eigenvalue weighted by molar-refractivity contribution is 5.30. The van der Waals surface area contributed by atoms with E-state index in [0.29, 0.717) is 6.54 Å². The van der Waals surface area contributed by atoms with Gasteiger partial charge in [-0.15, -0.1) is 0 Å². The summed E-state index contributed by atoms with van der Waals surface area (Å²) in [7, 11) is 5.12. The zero-order valence-electron chi connectivity index (χ0n) is 12.6. The third kappa shape index (κ3) is 4.20. The molecule has 0 aliphatic heterocycles. The molecule has 2 aromatic rings. The van der Waals surface area contributed by atoms with Crippen LogP contribution in [0, 0.1) is 5.82 Å². The fourth-order valence-electron chi connectivity index (χ4n) is 2.26. The number of ether oxygens (including phenoxy) is 2. The molecule has 0 aliphatic carbocycles. The molecule has 0 atom stereocenters. The quantitative estimate of drug-likeness (QED) is 0.812. The number of halogens is 1. The van der Waals surface area contributed by atoms with Crippen molar-refractivity contribution >= 4 is 0 Å². The van der Waals surface area contributed by atoms with E-state index in [2.05, 4.69) is 4.90 Å². The van der Waals surface area contributed by atoms with E-state index >= 15 is 0 Å². The topological polar surface area (TPSA) is 21.7 Å². The van der Waals surface area contributed by atoms with E-state index in [0.717, 1.165) is 23.4 Å². The predicted molar refractivity (Wildman–Crippen MR) is 81.1 cm³/mol. The van der Waals surface area contributed by atoms with Crippen LogP contribution in [0.1, 0.15) is 11.1 Å². The van der Waals surface area contributed by atoms with Crippen LogP contribution in [0.3, 0.4) is 0 Å². The number of methoxy groups -OCH3 is 2. The average Bonchev–Trinajstić information content (AvgIpc) is 2.47. The van der Waals surface area contributed by atoms with Gasteiger partial charge in [0.25, 0.3) is 0 Å². The van der Waals surface area contributed by atoms with E-state index in [1.807, 2.05) is 37.4 Å². The molecule has 0 fully saturated rings. The zero-order valence-corrected chi connectivity index (χ0v) is 12.6. The molecule has 0 N–H and O–H groups in total. The third-order valence-electron chi connectivity index (χ3n) is 3.26. The second-order valence-electron chi connectivity index (χ2n) is 4.99. The van der Waals surface area contributed by atoms with Crippen LogP contribution in [0.15, 0.2) is 42.5 Å². The Labute approximate surface area is 124 Å². The number of benzene rings is 2. The monoisotopic (exact) mass is 289 g/mol. The van der Waals surface area contributed by atoms with Crippen molar-refractivity contribution in [2.75, 3.05) is 21.3 Å². The Kier molecular flexibility index (Phi) is 5.17. The van der Waals surface area contributed by atoms with E-state index < -0.39 is 0 Å². The summed E-state index contributed by atoms with van der Waals surface area (Å²) in [6.45, 7) is 1.43. The number of nitrogens with zero attached hydrogens (tertiary/aromatic N) is 1. The van der Waals surface area contributed by atoms with Gasteiger partial charge in [0.2, 0.25) is 0 Å². The summed E-state index contributed by atoms with van der Waals surface area (Å²) in [6, 6.07) is 13.0. The predicted octanol–water partition coefficient (Wildman–Crippen LogP) is 3.47. The first-order chi connectivity index (χ1) is 10.1. The summed E-state index contributed by atoms with van der Waals surface area (Å²) in [5.41, 5.74) is 2.07. The lowest BCUT2D eigenvalue weighted by Crippen LogP contribution is -2.17. The van der Waals surface area contributed by atoms with Crippen LogP contribution in [-0.4, -0.2) is 26.2 Å². The van der Waals surface area contributed by atoms with Crippen molar-refractivity contribution < 1.29 is 13.9 Å². The maximum atomic E-state index is 13.7. The molecule has 0 heterocycles. The van der Waals surface area contributed by atoms with E-state index in [4.69, 9.17) is 9.47 Å². The van der Waals surface area contributed by atoms with Crippen molar-refractivity contribution in [1.29, 1.82) is 0 Å². The summed E-state index contributed by atoms with van der Waals surface area (Å²) in [6.07, 6.45) is 0. The van der Waals surface area contributed by atoms with Crippen molar-refractivity contribution in [2.24, 2.45) is 0 Å². The summed E-state index contributed by atoms with van der Waals surface area (Å²) < 4.78 is 23.8. The summed E-state index contributed by atoms with van der Waals surface area (Å²) >= 11 is 0. The SMILES string of the molecule is COc1cccc(CN(C)Cc2ccc(OC)c(F)c2)c1. The van der Waals surface area contributed by atoms with E-state index in [-0.39, 0.29) is 11.6 Å². The largest absolute Gasteiger partial charge is 0.497 e. The summed E-state index contributed by atoms with van der Waals surface area (Å²) in [5, 5.41) is 0. The molecule has 4 heteroatoms. The Bertz CT molecular complexity index is 601. The lowest BCUT2D eigenvalue weighted by Gasteiger charge is -2.17. The van der Waals surface area contributed by atoms with Crippen LogP contribution >= 0.6 is 0 Å². The fraction of sp³-hybridized carbons (Fsp3) is 0.294. The first-order valence-electron chi connectivity index (χ1n) is 6.76. The molecule has 0 radical (unpaired) electrons. The molecule has 0 aliphatic rings. The zero-order chi connectivity index (χ0) is 15.2. The summed E-state index contributed by atoms with van der Waals surface area (Å²) in [5.74, 6) is 0.787. The first-order valence-corrected chi connectivity index (χ1v) is 6.76. The molecule has 2 aromatic carbocycles. The molecule has 3 nitrogen and oxygen atoms in total. The minimum Gasteiger partial charge on any atom is -0.497 e. The maximum Gasteiger partial charge on any atom is 0.165 e. The Morgan fingerprint density at radius 1 is 0.952 bits per heavy atom. The van der Waals surface area contributed by atoms with Gasteiger partial charge in [-0.05, 0) is 42.4 Å². The molecule has 0 saturated heterocycles. The van der Waals surface area contributed by atoms with Gasteiger partial charge in [0.05, 0.1) is 14.2 Å². The smallest absolute Gasteiger partial charge is 0.165 e. The first kappa shape index (κ1) is 15.3. The molecule has 0 unspecified atom stereocenters. The molecule has 2 rings (SSSR count). The molecular weight excluding hydrogens is 269 g/mol. The fourth-order valence-corrected chi connectivity index (χ4v) is 2.26. The Morgan fingerprint density at radius 3 is 2.29 bits per heavy atom. The Morgan fingerprint density at radius 2 is 1.67 bits per heavy atom. The van der Waals surface area contributed by atoms with Crippen molar-refractivity contribution in [1.82, 2.24) is 4.90 Å². The van der Waals surface area contributed by atoms with Crippen LogP contribution in [0.5, 0.6) is 11.5 Å². The lowest BCUT2D eigenvalue weighted by atomic mass is 10.1. The van der Waals surface area contributed by atoms with Crippen LogP contribution in [0.2, 0.25) is 0 Å². The van der Waals surface area contributed by atoms with Crippen LogP contribution in [-0.2, 0) is 13.1 Å². The van der Waals surface area contributed by atoms with E-state index in [1.165, 1.54) is 13.2 Å². The van der Waals surface area contributed by atoms with Gasteiger partial charge < -0.3 is 9.47 Å². The van der Waals surface area contributed by atoms with Crippen LogP contribution in [0.4, 0.5) is 4.39 Å². The molecular formula is C17H20FNO2. The van der Waals surface area contributed by atoms with E-state index in [1.54, 1.807) is 13.2 Å². The van der Waals surface area contributed by atoms with Gasteiger partial charge >= 0.3 is 0 Å². The minimum absolute atomic E-state index is 0.272. The highest BCUT2D eigenvalue weighted by Gasteiger charge is 2.07. The maximum absolute atomic E-state index is 13.7. The Balaban J connectivity index is 2.00. The normalized spacial score (nSPS) is 10.7. The minimum atomic E-state index is -0.329. The standard InChI is InChI=1S/C17H20FNO2/c1-19(11-13-5-4-6-15(9-13)20-2)12-14-7-8-17(21-3)16(18)10-14/h4-10H,11-12H2,1-3H3. The lowest BCUT2D eigenvalue weighted by molar-refractivity contribution is 0.317. The highest BCUT2D eigenvalue weighted by atomic mass is 19.1. The van der Waals surface area contributed by atoms with Gasteiger partial charge in [-0.3, -0.25) is 4.90 Å². The van der Waals surface area contributed by atoms with Crippen molar-refractivity contribution in [3.8, 4) is 11.5 Å². The van der Waals surface area contributed by atoms with Gasteiger partial charge in [0.15, 0.2) is 11.6 Å². The van der Waals surface area contributed by atoms with E-state index in [9.17, 15) is 4.39 Å². The Hall–Kier alpha value is -2.07. The van der Waals surface area contributed by atoms with Gasteiger partial charge in [-0.25, -0.2) is 4.39 Å². The number of hydrogen-bond acceptors (Lipinski definition) is 3. The van der Waals surface area contributed by atoms with Gasteiger partial charge in [0.1, 0.15) is 5.75 Å². The molecule has 0 spiro atoms. The second kappa shape index (κ2) is 7.09. The third-order valence-corrected chi connectivity index (χ3v) is 3.26. The van der Waals surface area contributed by atoms with Crippen LogP contribution in [0.25, 0.3) is 0 Å². The second-order valence-corrected chi connectivity index (χ2v) is 4.99. The van der Waals surface area contributed by atoms with Crippen molar-refractivity contribution in [3.63, 3.8) is 0 Å². The number of hydrogen-bond donors (Lipinski definition) is 0. The van der Waals surface area contributed by atoms with Crippen molar-refractivity contribution in [3.05, 3.63) is 59.4 Å². The molecule has 112 valence electrons. The van der Waals surface area contributed by atoms with Gasteiger partial charge in [-0.2, -0.15) is 0 Å². The highest BCUT2D eigenvalue weighted by Crippen LogP contribution is 2.19. The van der Waals surface area contributed by atoms with Gasteiger partial charge in [0, 0.05) is 13.1 Å². The van der Waals surface area contributed by atoms with Gasteiger partial charge in [-0.1, -0.05) is 18.2 Å². The molecule has 0 saturated carbocycles. The molecule has 0 amide bonds. The molecule has 21 heavy (non-hydrogen) atoms. The van der Waals surface area contributed by atoms with Crippen LogP contribution < -0.4 is 9.47 Å².